The van der Waals surface area contributed by atoms with Gasteiger partial charge in [-0.1, -0.05) is 48.5 Å². The zero-order valence-corrected chi connectivity index (χ0v) is 19.8. The van der Waals surface area contributed by atoms with E-state index in [0.29, 0.717) is 6.07 Å². The van der Waals surface area contributed by atoms with Gasteiger partial charge in [-0.25, -0.2) is 18.0 Å². The molecule has 1 amide bonds. The van der Waals surface area contributed by atoms with E-state index in [2.05, 4.69) is 12.1 Å². The van der Waals surface area contributed by atoms with Crippen LogP contribution in [-0.4, -0.2) is 48.7 Å². The van der Waals surface area contributed by atoms with E-state index < -0.39 is 52.9 Å². The van der Waals surface area contributed by atoms with Gasteiger partial charge in [0.2, 0.25) is 0 Å². The number of halogens is 3. The molecule has 190 valence electrons. The Labute approximate surface area is 211 Å². The number of hydrogen-bond acceptors (Lipinski definition) is 4. The minimum Gasteiger partial charge on any atom is -0.448 e. The molecule has 3 aromatic carbocycles. The van der Waals surface area contributed by atoms with Gasteiger partial charge in [-0.15, -0.1) is 0 Å². The molecule has 3 aromatic rings. The van der Waals surface area contributed by atoms with Crippen LogP contribution in [0, 0.1) is 23.4 Å². The number of piperidine rings is 1. The highest BCUT2D eigenvalue weighted by atomic mass is 19.2. The van der Waals surface area contributed by atoms with E-state index in [9.17, 15) is 22.8 Å². The van der Waals surface area contributed by atoms with Gasteiger partial charge >= 0.3 is 6.09 Å². The van der Waals surface area contributed by atoms with Gasteiger partial charge in [0, 0.05) is 11.8 Å². The largest absolute Gasteiger partial charge is 0.448 e. The molecule has 0 saturated carbocycles. The van der Waals surface area contributed by atoms with Crippen LogP contribution in [0.5, 0.6) is 0 Å². The second kappa shape index (κ2) is 9.34. The molecule has 3 aliphatic rings. The van der Waals surface area contributed by atoms with E-state index in [-0.39, 0.29) is 38.6 Å². The van der Waals surface area contributed by atoms with E-state index in [4.69, 9.17) is 9.47 Å². The number of amides is 1. The smallest absolute Gasteiger partial charge is 0.410 e. The Kier molecular flexibility index (Phi) is 5.99. The second-order valence-electron chi connectivity index (χ2n) is 9.81. The number of carbonyl (C=O) groups excluding carboxylic acids is 2. The number of rotatable bonds is 4. The van der Waals surface area contributed by atoms with Crippen LogP contribution in [0.3, 0.4) is 0 Å². The fourth-order valence-corrected chi connectivity index (χ4v) is 6.05. The molecular weight excluding hydrogens is 483 g/mol. The van der Waals surface area contributed by atoms with Crippen LogP contribution < -0.4 is 0 Å². The number of benzene rings is 3. The summed E-state index contributed by atoms with van der Waals surface area (Å²) in [5, 5.41) is 0. The third kappa shape index (κ3) is 4.00. The SMILES string of the molecule is O=C(c1c(F)ccc(F)c1F)C1CC2COCC(C1)N2C(=O)OCC1c2ccccc2-c2ccccc21. The summed E-state index contributed by atoms with van der Waals surface area (Å²) >= 11 is 0. The summed E-state index contributed by atoms with van der Waals surface area (Å²) in [6, 6.07) is 16.5. The summed E-state index contributed by atoms with van der Waals surface area (Å²) in [6.45, 7) is 0.517. The van der Waals surface area contributed by atoms with Crippen LogP contribution in [0.25, 0.3) is 11.1 Å². The first-order valence-electron chi connectivity index (χ1n) is 12.3. The number of carbonyl (C=O) groups is 2. The van der Waals surface area contributed by atoms with Gasteiger partial charge in [-0.05, 0) is 47.2 Å². The van der Waals surface area contributed by atoms with Gasteiger partial charge in [-0.3, -0.25) is 9.69 Å². The fourth-order valence-electron chi connectivity index (χ4n) is 6.05. The van der Waals surface area contributed by atoms with Gasteiger partial charge in [0.1, 0.15) is 12.4 Å². The molecule has 0 spiro atoms. The number of ether oxygens (including phenoxy) is 2. The number of morpholine rings is 1. The highest BCUT2D eigenvalue weighted by molar-refractivity contribution is 5.98. The van der Waals surface area contributed by atoms with Crippen LogP contribution in [0.1, 0.15) is 40.2 Å². The quantitative estimate of drug-likeness (QED) is 0.335. The molecule has 37 heavy (non-hydrogen) atoms. The van der Waals surface area contributed by atoms with Crippen molar-refractivity contribution in [1.29, 1.82) is 0 Å². The van der Waals surface area contributed by atoms with Crippen molar-refractivity contribution in [3.63, 3.8) is 0 Å². The highest BCUT2D eigenvalue weighted by Gasteiger charge is 2.45. The number of fused-ring (bicyclic) bond motifs is 5. The Morgan fingerprint density at radius 3 is 2.03 bits per heavy atom. The maximum atomic E-state index is 14.3. The molecule has 2 unspecified atom stereocenters. The molecule has 8 heteroatoms. The van der Waals surface area contributed by atoms with Gasteiger partial charge < -0.3 is 9.47 Å². The van der Waals surface area contributed by atoms with E-state index in [1.807, 2.05) is 36.4 Å². The number of nitrogens with zero attached hydrogens (tertiary/aromatic N) is 1. The molecule has 5 nitrogen and oxygen atoms in total. The van der Waals surface area contributed by atoms with E-state index in [1.54, 1.807) is 4.90 Å². The van der Waals surface area contributed by atoms with Crippen LogP contribution in [-0.2, 0) is 9.47 Å². The van der Waals surface area contributed by atoms with E-state index in [0.717, 1.165) is 28.3 Å². The van der Waals surface area contributed by atoms with Gasteiger partial charge in [0.05, 0.1) is 30.9 Å². The molecule has 1 aliphatic carbocycles. The van der Waals surface area contributed by atoms with Crippen molar-refractivity contribution < 1.29 is 32.2 Å². The zero-order valence-electron chi connectivity index (χ0n) is 19.8. The highest BCUT2D eigenvalue weighted by Crippen LogP contribution is 2.45. The van der Waals surface area contributed by atoms with Crippen LogP contribution in [0.15, 0.2) is 60.7 Å². The molecule has 6 rings (SSSR count). The van der Waals surface area contributed by atoms with Crippen molar-refractivity contribution in [3.05, 3.63) is 94.8 Å². The molecule has 0 aromatic heterocycles. The molecular formula is C29H24F3NO4. The minimum atomic E-state index is -1.48. The predicted octanol–water partition coefficient (Wildman–Crippen LogP) is 5.72. The average Bonchev–Trinajstić information content (AvgIpc) is 3.22. The topological polar surface area (TPSA) is 55.8 Å². The number of ketones is 1. The molecule has 0 radical (unpaired) electrons. The lowest BCUT2D eigenvalue weighted by atomic mass is 9.80. The normalized spacial score (nSPS) is 22.4. The standard InChI is InChI=1S/C29H24F3NO4/c30-24-9-10-25(31)27(32)26(24)28(34)16-11-17-13-36-14-18(12-16)33(17)29(35)37-15-23-21-7-3-1-5-19(21)20-6-2-4-8-22(20)23/h1-10,16-18,23H,11-15H2. The lowest BCUT2D eigenvalue weighted by Crippen LogP contribution is -2.60. The van der Waals surface area contributed by atoms with Crippen molar-refractivity contribution in [3.8, 4) is 11.1 Å². The van der Waals surface area contributed by atoms with Gasteiger partial charge in [-0.2, -0.15) is 0 Å². The lowest BCUT2D eigenvalue weighted by Gasteiger charge is -2.47. The Bertz CT molecular complexity index is 1330. The third-order valence-corrected chi connectivity index (χ3v) is 7.73. The van der Waals surface area contributed by atoms with Crippen molar-refractivity contribution in [2.24, 2.45) is 5.92 Å². The maximum Gasteiger partial charge on any atom is 0.410 e. The third-order valence-electron chi connectivity index (χ3n) is 7.73. The number of Topliss-reactive ketones (excluding diaryl/α,β-unsaturated/α-hetero) is 1. The van der Waals surface area contributed by atoms with Crippen molar-refractivity contribution in [2.45, 2.75) is 30.8 Å². The summed E-state index contributed by atoms with van der Waals surface area (Å²) in [7, 11) is 0. The fraction of sp³-hybridized carbons (Fsp3) is 0.310. The number of hydrogen-bond donors (Lipinski definition) is 0. The first kappa shape index (κ1) is 23.7. The molecule has 2 bridgehead atoms. The van der Waals surface area contributed by atoms with Gasteiger partial charge in [0.15, 0.2) is 17.4 Å². The molecule has 2 saturated heterocycles. The van der Waals surface area contributed by atoms with E-state index >= 15 is 0 Å². The van der Waals surface area contributed by atoms with E-state index in [1.165, 1.54) is 0 Å². The first-order valence-corrected chi connectivity index (χ1v) is 12.3. The summed E-state index contributed by atoms with van der Waals surface area (Å²) < 4.78 is 53.7. The van der Waals surface area contributed by atoms with Crippen LogP contribution in [0.4, 0.5) is 18.0 Å². The second-order valence-corrected chi connectivity index (χ2v) is 9.81. The Hall–Kier alpha value is -3.65. The summed E-state index contributed by atoms with van der Waals surface area (Å²) in [6.07, 6.45) is -0.210. The van der Waals surface area contributed by atoms with Crippen LogP contribution >= 0.6 is 0 Å². The summed E-state index contributed by atoms with van der Waals surface area (Å²) in [5.41, 5.74) is 3.59. The molecule has 2 atom stereocenters. The van der Waals surface area contributed by atoms with Gasteiger partial charge in [0.25, 0.3) is 0 Å². The monoisotopic (exact) mass is 507 g/mol. The molecule has 2 heterocycles. The predicted molar refractivity (Wildman–Crippen MR) is 129 cm³/mol. The zero-order chi connectivity index (χ0) is 25.7. The Morgan fingerprint density at radius 1 is 0.838 bits per heavy atom. The van der Waals surface area contributed by atoms with Crippen molar-refractivity contribution in [1.82, 2.24) is 4.90 Å². The molecule has 0 N–H and O–H groups in total. The van der Waals surface area contributed by atoms with Crippen molar-refractivity contribution in [2.75, 3.05) is 19.8 Å². The first-order chi connectivity index (χ1) is 17.9. The van der Waals surface area contributed by atoms with Crippen LogP contribution in [0.2, 0.25) is 0 Å². The average molecular weight is 508 g/mol. The Morgan fingerprint density at radius 2 is 1.41 bits per heavy atom. The molecule has 2 aliphatic heterocycles. The maximum absolute atomic E-state index is 14.3. The summed E-state index contributed by atoms with van der Waals surface area (Å²) in [5.74, 6) is -5.49. The molecule has 2 fully saturated rings. The summed E-state index contributed by atoms with van der Waals surface area (Å²) in [4.78, 5) is 27.9. The lowest BCUT2D eigenvalue weighted by molar-refractivity contribution is -0.0748. The Balaban J connectivity index is 1.18. The minimum absolute atomic E-state index is 0.0921. The van der Waals surface area contributed by atoms with Crippen molar-refractivity contribution >= 4 is 11.9 Å².